The molecular formula is C28H34FO7PS. The second kappa shape index (κ2) is 14.2. The van der Waals surface area contributed by atoms with E-state index in [1.54, 1.807) is 26.2 Å². The minimum absolute atomic E-state index is 0.00770. The van der Waals surface area contributed by atoms with Crippen LogP contribution in [0.1, 0.15) is 56.7 Å². The molecule has 1 atom stereocenters. The Morgan fingerprint density at radius 3 is 2.29 bits per heavy atom. The van der Waals surface area contributed by atoms with Gasteiger partial charge in [-0.3, -0.25) is 18.4 Å². The maximum Gasteiger partial charge on any atom is 0.474 e. The summed E-state index contributed by atoms with van der Waals surface area (Å²) >= 11 is -1.06. The van der Waals surface area contributed by atoms with E-state index in [0.29, 0.717) is 18.4 Å². The third kappa shape index (κ3) is 8.12. The summed E-state index contributed by atoms with van der Waals surface area (Å²) in [4.78, 5) is 13.4. The first-order chi connectivity index (χ1) is 18.2. The number of halogens is 1. The van der Waals surface area contributed by atoms with Crippen molar-refractivity contribution in [2.24, 2.45) is 0 Å². The van der Waals surface area contributed by atoms with Crippen LogP contribution in [0, 0.1) is 5.82 Å². The third-order valence-electron chi connectivity index (χ3n) is 5.92. The highest BCUT2D eigenvalue weighted by atomic mass is 32.2. The molecule has 0 aromatic heterocycles. The number of hydrogen-bond donors (Lipinski definition) is 0. The Labute approximate surface area is 226 Å². The molecule has 3 rings (SSSR count). The van der Waals surface area contributed by atoms with Crippen LogP contribution in [-0.4, -0.2) is 43.2 Å². The minimum atomic E-state index is -3.55. The van der Waals surface area contributed by atoms with Crippen molar-refractivity contribution in [1.29, 1.82) is 0 Å². The van der Waals surface area contributed by atoms with Gasteiger partial charge in [0.2, 0.25) is 0 Å². The fraction of sp³-hybridized carbons (Fsp3) is 0.393. The zero-order valence-corrected chi connectivity index (χ0v) is 23.9. The average Bonchev–Trinajstić information content (AvgIpc) is 3.12. The fourth-order valence-corrected chi connectivity index (χ4v) is 5.82. The number of hydrogen-bond acceptors (Lipinski definition) is 7. The van der Waals surface area contributed by atoms with Crippen LogP contribution in [0.3, 0.4) is 0 Å². The summed E-state index contributed by atoms with van der Waals surface area (Å²) in [5.41, 5.74) is 4.93. The molecule has 0 fully saturated rings. The SMILES string of the molecule is CCOP(=O)(OCC)OCCCCOC(=O)CC1=C(C)/C(=C/c2ccc([S+](C)[O-])cc2)c2ccc(F)cc21. The Bertz CT molecular complexity index is 1210. The van der Waals surface area contributed by atoms with Gasteiger partial charge in [0.15, 0.2) is 4.90 Å². The number of rotatable bonds is 14. The first kappa shape index (κ1) is 30.3. The topological polar surface area (TPSA) is 94.1 Å². The van der Waals surface area contributed by atoms with Gasteiger partial charge in [0.1, 0.15) is 12.1 Å². The summed E-state index contributed by atoms with van der Waals surface area (Å²) in [5, 5.41) is 0. The van der Waals surface area contributed by atoms with Crippen molar-refractivity contribution >= 4 is 42.2 Å². The van der Waals surface area contributed by atoms with E-state index in [-0.39, 0.29) is 38.7 Å². The van der Waals surface area contributed by atoms with Gasteiger partial charge in [0.05, 0.1) is 32.8 Å². The van der Waals surface area contributed by atoms with Crippen molar-refractivity contribution in [3.8, 4) is 0 Å². The smallest absolute Gasteiger partial charge is 0.474 e. The van der Waals surface area contributed by atoms with Crippen LogP contribution >= 0.6 is 7.82 Å². The lowest BCUT2D eigenvalue weighted by Crippen LogP contribution is -2.08. The highest BCUT2D eigenvalue weighted by Crippen LogP contribution is 2.49. The summed E-state index contributed by atoms with van der Waals surface area (Å²) < 4.78 is 58.9. The largest absolute Gasteiger partial charge is 0.612 e. The molecule has 10 heteroatoms. The summed E-state index contributed by atoms with van der Waals surface area (Å²) in [6.07, 6.45) is 4.63. The number of ether oxygens (including phenoxy) is 1. The predicted molar refractivity (Wildman–Crippen MR) is 147 cm³/mol. The number of carbonyl (C=O) groups excluding carboxylic acids is 1. The standard InChI is InChI=1S/C28H34FO7PS/c1-5-34-37(31,35-6-2)36-16-8-7-15-33-28(30)19-26-20(3)25(24-14-11-22(29)18-27(24)26)17-21-9-12-23(13-10-21)38(4)32/h9-14,17-18H,5-8,15-16,19H2,1-4H3/b25-17-. The predicted octanol–water partition coefficient (Wildman–Crippen LogP) is 6.80. The molecule has 0 spiro atoms. The third-order valence-corrected chi connectivity index (χ3v) is 8.51. The summed E-state index contributed by atoms with van der Waals surface area (Å²) in [6.45, 7) is 6.06. The first-order valence-electron chi connectivity index (χ1n) is 12.5. The van der Waals surface area contributed by atoms with Crippen molar-refractivity contribution in [2.45, 2.75) is 44.9 Å². The van der Waals surface area contributed by atoms with Gasteiger partial charge in [-0.25, -0.2) is 8.96 Å². The van der Waals surface area contributed by atoms with Crippen molar-refractivity contribution in [3.63, 3.8) is 0 Å². The number of allylic oxidation sites excluding steroid dienone is 2. The van der Waals surface area contributed by atoms with Crippen LogP contribution < -0.4 is 0 Å². The lowest BCUT2D eigenvalue weighted by Gasteiger charge is -2.16. The highest BCUT2D eigenvalue weighted by Gasteiger charge is 2.27. The molecule has 206 valence electrons. The molecule has 2 aromatic rings. The molecule has 0 aliphatic heterocycles. The first-order valence-corrected chi connectivity index (χ1v) is 15.5. The van der Waals surface area contributed by atoms with E-state index in [2.05, 4.69) is 0 Å². The van der Waals surface area contributed by atoms with Crippen LogP contribution in [0.4, 0.5) is 4.39 Å². The number of phosphoric acid groups is 1. The van der Waals surface area contributed by atoms with Gasteiger partial charge in [-0.1, -0.05) is 6.07 Å². The number of esters is 1. The molecule has 1 aliphatic rings. The quantitative estimate of drug-likeness (QED) is 0.108. The molecule has 38 heavy (non-hydrogen) atoms. The Hall–Kier alpha value is -2.26. The Kier molecular flexibility index (Phi) is 11.3. The van der Waals surface area contributed by atoms with Crippen LogP contribution in [-0.2, 0) is 38.8 Å². The second-order valence-electron chi connectivity index (χ2n) is 8.59. The summed E-state index contributed by atoms with van der Waals surface area (Å²) in [5.74, 6) is -0.796. The molecule has 0 bridgehead atoms. The van der Waals surface area contributed by atoms with E-state index < -0.39 is 25.0 Å². The normalized spacial score (nSPS) is 15.2. The van der Waals surface area contributed by atoms with Gasteiger partial charge in [-0.05, 0) is 121 Å². The highest BCUT2D eigenvalue weighted by molar-refractivity contribution is 7.90. The Morgan fingerprint density at radius 2 is 1.66 bits per heavy atom. The lowest BCUT2D eigenvalue weighted by atomic mass is 10.0. The zero-order chi connectivity index (χ0) is 27.7. The molecule has 1 unspecified atom stereocenters. The van der Waals surface area contributed by atoms with Crippen molar-refractivity contribution < 1.29 is 36.6 Å². The average molecular weight is 565 g/mol. The molecular weight excluding hydrogens is 530 g/mol. The minimum Gasteiger partial charge on any atom is -0.612 e. The van der Waals surface area contributed by atoms with Gasteiger partial charge < -0.3 is 9.29 Å². The molecule has 7 nitrogen and oxygen atoms in total. The van der Waals surface area contributed by atoms with Gasteiger partial charge in [-0.15, -0.1) is 0 Å². The number of unbranched alkanes of at least 4 members (excludes halogenated alkanes) is 1. The number of phosphoric ester groups is 1. The molecule has 0 radical (unpaired) electrons. The molecule has 0 N–H and O–H groups in total. The van der Waals surface area contributed by atoms with E-state index in [9.17, 15) is 18.3 Å². The zero-order valence-electron chi connectivity index (χ0n) is 22.2. The monoisotopic (exact) mass is 564 g/mol. The van der Waals surface area contributed by atoms with Gasteiger partial charge in [0.25, 0.3) is 0 Å². The van der Waals surface area contributed by atoms with Gasteiger partial charge >= 0.3 is 13.8 Å². The van der Waals surface area contributed by atoms with Crippen LogP contribution in [0.15, 0.2) is 52.9 Å². The summed E-state index contributed by atoms with van der Waals surface area (Å²) in [6, 6.07) is 12.0. The van der Waals surface area contributed by atoms with E-state index in [1.807, 2.05) is 37.3 Å². The molecule has 0 amide bonds. The van der Waals surface area contributed by atoms with Gasteiger partial charge in [0, 0.05) is 0 Å². The molecule has 0 saturated heterocycles. The van der Waals surface area contributed by atoms with E-state index in [4.69, 9.17) is 18.3 Å². The van der Waals surface area contributed by atoms with Crippen LogP contribution in [0.5, 0.6) is 0 Å². The Morgan fingerprint density at radius 1 is 1.00 bits per heavy atom. The number of fused-ring (bicyclic) bond motifs is 1. The van der Waals surface area contributed by atoms with Crippen molar-refractivity contribution in [3.05, 3.63) is 70.5 Å². The lowest BCUT2D eigenvalue weighted by molar-refractivity contribution is -0.142. The van der Waals surface area contributed by atoms with Gasteiger partial charge in [-0.2, -0.15) is 0 Å². The van der Waals surface area contributed by atoms with Crippen LogP contribution in [0.25, 0.3) is 17.2 Å². The summed E-state index contributed by atoms with van der Waals surface area (Å²) in [7, 11) is -3.55. The second-order valence-corrected chi connectivity index (χ2v) is 11.6. The van der Waals surface area contributed by atoms with Crippen molar-refractivity contribution in [1.82, 2.24) is 0 Å². The maximum absolute atomic E-state index is 14.1. The molecule has 0 heterocycles. The van der Waals surface area contributed by atoms with Crippen LogP contribution in [0.2, 0.25) is 0 Å². The van der Waals surface area contributed by atoms with Crippen molar-refractivity contribution in [2.75, 3.05) is 32.7 Å². The van der Waals surface area contributed by atoms with E-state index in [0.717, 1.165) is 32.7 Å². The molecule has 0 saturated carbocycles. The maximum atomic E-state index is 14.1. The molecule has 1 aliphatic carbocycles. The molecule has 2 aromatic carbocycles. The number of carbonyl (C=O) groups is 1. The number of benzene rings is 2. The fourth-order valence-electron chi connectivity index (χ4n) is 4.09. The van der Waals surface area contributed by atoms with E-state index in [1.165, 1.54) is 12.1 Å². The Balaban J connectivity index is 1.62. The van der Waals surface area contributed by atoms with E-state index >= 15 is 0 Å².